The maximum atomic E-state index is 13.6. The van der Waals surface area contributed by atoms with E-state index in [0.29, 0.717) is 0 Å². The third-order valence-electron chi connectivity index (χ3n) is 6.72. The Hall–Kier alpha value is -4.46. The molecule has 0 saturated carbocycles. The first-order valence-electron chi connectivity index (χ1n) is 13.4. The molecular formula is C32H25F10NO3. The molecule has 46 heavy (non-hydrogen) atoms. The van der Waals surface area contributed by atoms with Crippen LogP contribution in [-0.4, -0.2) is 24.2 Å². The Morgan fingerprint density at radius 3 is 1.89 bits per heavy atom. The molecule has 4 nitrogen and oxygen atoms in total. The molecule has 1 N–H and O–H groups in total. The molecule has 4 aromatic carbocycles. The number of halogens is 10. The summed E-state index contributed by atoms with van der Waals surface area (Å²) in [6, 6.07) is 18.1. The van der Waals surface area contributed by atoms with Crippen molar-refractivity contribution in [3.8, 4) is 11.5 Å². The van der Waals surface area contributed by atoms with Gasteiger partial charge in [0.2, 0.25) is 0 Å². The van der Waals surface area contributed by atoms with E-state index in [9.17, 15) is 49.0 Å². The summed E-state index contributed by atoms with van der Waals surface area (Å²) >= 11 is 0. The minimum absolute atomic E-state index is 0.0317. The molecule has 246 valence electrons. The largest absolute Gasteiger partial charge is 0.489 e. The number of hydrogen-bond acceptors (Lipinski definition) is 4. The van der Waals surface area contributed by atoms with Crippen LogP contribution in [0.5, 0.6) is 11.5 Å². The molecule has 0 heterocycles. The van der Waals surface area contributed by atoms with Gasteiger partial charge in [-0.15, -0.1) is 0 Å². The molecule has 0 aliphatic carbocycles. The lowest BCUT2D eigenvalue weighted by Gasteiger charge is -2.34. The fourth-order valence-corrected chi connectivity index (χ4v) is 4.55. The first-order chi connectivity index (χ1) is 21.6. The Balaban J connectivity index is 1.69. The zero-order valence-corrected chi connectivity index (χ0v) is 23.5. The molecule has 1 unspecified atom stereocenters. The van der Waals surface area contributed by atoms with Crippen LogP contribution in [0.3, 0.4) is 0 Å². The molecule has 4 rings (SSSR count). The minimum atomic E-state index is -4.80. The average molecular weight is 662 g/mol. The van der Waals surface area contributed by atoms with Crippen LogP contribution in [0.15, 0.2) is 97.1 Å². The Morgan fingerprint density at radius 1 is 0.652 bits per heavy atom. The normalized spacial score (nSPS) is 13.0. The highest BCUT2D eigenvalue weighted by Gasteiger charge is 2.44. The lowest BCUT2D eigenvalue weighted by molar-refractivity contribution is -0.253. The molecular weight excluding hydrogens is 636 g/mol. The van der Waals surface area contributed by atoms with E-state index in [1.165, 1.54) is 59.5 Å². The molecule has 0 amide bonds. The van der Waals surface area contributed by atoms with Crippen molar-refractivity contribution in [2.45, 2.75) is 44.1 Å². The Bertz CT molecular complexity index is 1610. The fourth-order valence-electron chi connectivity index (χ4n) is 4.55. The van der Waals surface area contributed by atoms with Gasteiger partial charge in [0.25, 0.3) is 0 Å². The quantitative estimate of drug-likeness (QED) is 0.154. The highest BCUT2D eigenvalue weighted by molar-refractivity contribution is 5.54. The highest BCUT2D eigenvalue weighted by atomic mass is 19.4. The summed E-state index contributed by atoms with van der Waals surface area (Å²) in [5.41, 5.74) is -1.19. The Labute approximate surface area is 256 Å². The van der Waals surface area contributed by atoms with Crippen LogP contribution in [-0.2, 0) is 25.5 Å². The lowest BCUT2D eigenvalue weighted by Crippen LogP contribution is -2.33. The van der Waals surface area contributed by atoms with Gasteiger partial charge in [-0.1, -0.05) is 42.5 Å². The average Bonchev–Trinajstić information content (AvgIpc) is 2.99. The summed E-state index contributed by atoms with van der Waals surface area (Å²) in [6.45, 7) is -1.26. The van der Waals surface area contributed by atoms with Crippen molar-refractivity contribution in [3.05, 3.63) is 125 Å². The first-order valence-corrected chi connectivity index (χ1v) is 13.4. The summed E-state index contributed by atoms with van der Waals surface area (Å²) in [4.78, 5) is 1.43. The molecule has 4 aromatic rings. The van der Waals surface area contributed by atoms with Gasteiger partial charge in [0, 0.05) is 18.3 Å². The molecule has 1 atom stereocenters. The van der Waals surface area contributed by atoms with Crippen LogP contribution in [0, 0.1) is 0 Å². The second kappa shape index (κ2) is 13.9. The van der Waals surface area contributed by atoms with Crippen molar-refractivity contribution in [3.63, 3.8) is 0 Å². The second-order valence-electron chi connectivity index (χ2n) is 10.0. The first kappa shape index (κ1) is 34.4. The van der Waals surface area contributed by atoms with Gasteiger partial charge in [0.1, 0.15) is 18.1 Å². The van der Waals surface area contributed by atoms with Crippen LogP contribution in [0.1, 0.15) is 33.9 Å². The number of rotatable bonds is 12. The van der Waals surface area contributed by atoms with Gasteiger partial charge < -0.3 is 19.5 Å². The summed E-state index contributed by atoms with van der Waals surface area (Å²) in [6.07, 6.45) is -18.2. The van der Waals surface area contributed by atoms with Crippen LogP contribution in [0.25, 0.3) is 0 Å². The third kappa shape index (κ3) is 8.83. The summed E-state index contributed by atoms with van der Waals surface area (Å²) in [5, 5.41) is 10.4. The summed E-state index contributed by atoms with van der Waals surface area (Å²) in [5.74, 6) is -0.463. The topological polar surface area (TPSA) is 41.9 Å². The van der Waals surface area contributed by atoms with E-state index in [0.717, 1.165) is 42.5 Å². The number of ether oxygens (including phenoxy) is 2. The third-order valence-corrected chi connectivity index (χ3v) is 6.72. The van der Waals surface area contributed by atoms with Gasteiger partial charge in [-0.05, 0) is 65.2 Å². The molecule has 0 bridgehead atoms. The molecule has 14 heteroatoms. The van der Waals surface area contributed by atoms with E-state index in [4.69, 9.17) is 4.74 Å². The number of alkyl halides is 10. The zero-order chi connectivity index (χ0) is 33.7. The van der Waals surface area contributed by atoms with Gasteiger partial charge in [0.05, 0.1) is 23.8 Å². The van der Waals surface area contributed by atoms with Crippen molar-refractivity contribution < 1.29 is 58.5 Å². The van der Waals surface area contributed by atoms with Gasteiger partial charge in [0.15, 0.2) is 0 Å². The second-order valence-corrected chi connectivity index (χ2v) is 10.0. The molecule has 0 spiro atoms. The number of aliphatic hydroxyl groups excluding tert-OH is 1. The van der Waals surface area contributed by atoms with Crippen molar-refractivity contribution >= 4 is 5.69 Å². The molecule has 0 aromatic heterocycles. The summed E-state index contributed by atoms with van der Waals surface area (Å²) < 4.78 is 142. The molecule has 0 radical (unpaired) electrons. The number of anilines is 1. The zero-order valence-electron chi connectivity index (χ0n) is 23.5. The van der Waals surface area contributed by atoms with Crippen LogP contribution in [0.4, 0.5) is 49.6 Å². The monoisotopic (exact) mass is 661 g/mol. The maximum Gasteiger partial charge on any atom is 0.461 e. The predicted molar refractivity (Wildman–Crippen MR) is 148 cm³/mol. The minimum Gasteiger partial charge on any atom is -0.489 e. The van der Waals surface area contributed by atoms with Crippen molar-refractivity contribution in [1.82, 2.24) is 0 Å². The fraction of sp³-hybridized carbons (Fsp3) is 0.250. The highest BCUT2D eigenvalue weighted by Crippen LogP contribution is 2.36. The van der Waals surface area contributed by atoms with Gasteiger partial charge >= 0.3 is 24.9 Å². The van der Waals surface area contributed by atoms with Crippen molar-refractivity contribution in [2.75, 3.05) is 11.5 Å². The van der Waals surface area contributed by atoms with Crippen LogP contribution >= 0.6 is 0 Å². The smallest absolute Gasteiger partial charge is 0.461 e. The number of benzene rings is 4. The molecule has 0 fully saturated rings. The van der Waals surface area contributed by atoms with Crippen LogP contribution in [0.2, 0.25) is 0 Å². The predicted octanol–water partition coefficient (Wildman–Crippen LogP) is 9.28. The van der Waals surface area contributed by atoms with Gasteiger partial charge in [-0.2, -0.15) is 43.9 Å². The van der Waals surface area contributed by atoms with Gasteiger partial charge in [-0.25, -0.2) is 0 Å². The van der Waals surface area contributed by atoms with E-state index in [-0.39, 0.29) is 41.3 Å². The van der Waals surface area contributed by atoms with E-state index in [1.54, 1.807) is 0 Å². The number of hydrogen-bond donors (Lipinski definition) is 1. The molecule has 0 saturated heterocycles. The van der Waals surface area contributed by atoms with Crippen LogP contribution < -0.4 is 14.4 Å². The van der Waals surface area contributed by atoms with Crippen molar-refractivity contribution in [1.29, 1.82) is 0 Å². The number of nitrogens with zero attached hydrogens (tertiary/aromatic N) is 1. The van der Waals surface area contributed by atoms with E-state index < -0.39 is 54.4 Å². The Morgan fingerprint density at radius 2 is 1.24 bits per heavy atom. The molecule has 0 aliphatic heterocycles. The summed E-state index contributed by atoms with van der Waals surface area (Å²) in [7, 11) is 0. The SMILES string of the molecule is OCC(c1cccc(C(F)(F)F)c1)N(Cc1cccc(OC(F)(F)C(F)F)c1)c1cccc(OCc2cccc(C(F)(F)F)c2)c1. The standard InChI is InChI=1S/C32H25F10NO3/c33-29(34)32(41,42)46-27-12-2-5-20(14-27)17-43(28(18-44)22-7-3-9-24(15-22)31(38,39)40)25-10-4-11-26(16-25)45-19-21-6-1-8-23(13-21)30(35,36)37/h1-16,28-29,44H,17-19H2. The van der Waals surface area contributed by atoms with E-state index >= 15 is 0 Å². The Kier molecular flexibility index (Phi) is 10.4. The van der Waals surface area contributed by atoms with Gasteiger partial charge in [-0.3, -0.25) is 0 Å². The molecule has 0 aliphatic rings. The van der Waals surface area contributed by atoms with Crippen molar-refractivity contribution in [2.24, 2.45) is 0 Å². The number of aliphatic hydroxyl groups is 1. The van der Waals surface area contributed by atoms with E-state index in [2.05, 4.69) is 4.74 Å². The van der Waals surface area contributed by atoms with E-state index in [1.807, 2.05) is 0 Å². The maximum absolute atomic E-state index is 13.6. The lowest BCUT2D eigenvalue weighted by atomic mass is 10.0.